The van der Waals surface area contributed by atoms with Crippen molar-refractivity contribution in [2.24, 2.45) is 18.7 Å². The van der Waals surface area contributed by atoms with E-state index in [9.17, 15) is 4.79 Å². The van der Waals surface area contributed by atoms with Crippen LogP contribution in [0.3, 0.4) is 0 Å². The Bertz CT molecular complexity index is 963. The van der Waals surface area contributed by atoms with Crippen molar-refractivity contribution in [3.63, 3.8) is 0 Å². The molecule has 0 spiro atoms. The topological polar surface area (TPSA) is 77.0 Å². The van der Waals surface area contributed by atoms with E-state index in [0.29, 0.717) is 18.0 Å². The molecule has 1 aliphatic rings. The van der Waals surface area contributed by atoms with Crippen molar-refractivity contribution in [1.82, 2.24) is 19.7 Å². The van der Waals surface area contributed by atoms with Crippen LogP contribution >= 0.6 is 0 Å². The number of carbonyl (C=O) groups is 1. The van der Waals surface area contributed by atoms with Gasteiger partial charge in [0, 0.05) is 25.7 Å². The molecule has 1 aromatic carbocycles. The molecule has 3 aromatic rings. The third-order valence-corrected chi connectivity index (χ3v) is 5.18. The summed E-state index contributed by atoms with van der Waals surface area (Å²) < 4.78 is 1.75. The number of rotatable bonds is 3. The number of carbonyl (C=O) groups excluding carboxylic acids is 1. The average Bonchev–Trinajstić information content (AvgIpc) is 3.26. The van der Waals surface area contributed by atoms with E-state index in [1.54, 1.807) is 4.68 Å². The van der Waals surface area contributed by atoms with Crippen LogP contribution in [0.2, 0.25) is 0 Å². The Kier molecular flexibility index (Phi) is 4.20. The number of nitrogens with zero attached hydrogens (tertiary/aromatic N) is 4. The van der Waals surface area contributed by atoms with Gasteiger partial charge in [0.2, 0.25) is 0 Å². The summed E-state index contributed by atoms with van der Waals surface area (Å²) in [4.78, 5) is 20.0. The van der Waals surface area contributed by atoms with E-state index >= 15 is 0 Å². The van der Waals surface area contributed by atoms with Gasteiger partial charge in [-0.25, -0.2) is 4.98 Å². The monoisotopic (exact) mass is 349 g/mol. The van der Waals surface area contributed by atoms with Crippen molar-refractivity contribution >= 4 is 16.9 Å². The van der Waals surface area contributed by atoms with Gasteiger partial charge in [-0.05, 0) is 31.9 Å². The fourth-order valence-electron chi connectivity index (χ4n) is 3.75. The predicted molar refractivity (Wildman–Crippen MR) is 102 cm³/mol. The Morgan fingerprint density at radius 1 is 1.31 bits per heavy atom. The lowest BCUT2D eigenvalue weighted by molar-refractivity contribution is 0.0789. The Morgan fingerprint density at radius 2 is 2.08 bits per heavy atom. The zero-order valence-electron chi connectivity index (χ0n) is 15.1. The minimum absolute atomic E-state index is 0.0432. The van der Waals surface area contributed by atoms with E-state index in [1.165, 1.54) is 0 Å². The minimum atomic E-state index is 0.0432. The molecule has 1 aliphatic heterocycles. The zero-order valence-corrected chi connectivity index (χ0v) is 15.1. The minimum Gasteiger partial charge on any atom is -0.338 e. The van der Waals surface area contributed by atoms with Crippen LogP contribution < -0.4 is 5.73 Å². The second-order valence-electron chi connectivity index (χ2n) is 6.97. The molecule has 134 valence electrons. The molecule has 0 radical (unpaired) electrons. The lowest BCUT2D eigenvalue weighted by atomic mass is 10.0. The zero-order chi connectivity index (χ0) is 18.3. The number of fused-ring (bicyclic) bond motifs is 1. The number of aryl methyl sites for hydroxylation is 2. The molecule has 26 heavy (non-hydrogen) atoms. The Hall–Kier alpha value is -2.73. The molecule has 1 saturated heterocycles. The number of nitrogens with two attached hydrogens (primary N) is 1. The summed E-state index contributed by atoms with van der Waals surface area (Å²) in [7, 11) is 1.87. The molecule has 0 saturated carbocycles. The Balaban J connectivity index is 1.86. The van der Waals surface area contributed by atoms with Gasteiger partial charge in [0.15, 0.2) is 5.65 Å². The summed E-state index contributed by atoms with van der Waals surface area (Å²) in [6, 6.07) is 11.8. The fourth-order valence-corrected chi connectivity index (χ4v) is 3.75. The maximum absolute atomic E-state index is 13.3. The molecular formula is C20H23N5O. The third-order valence-electron chi connectivity index (χ3n) is 5.18. The van der Waals surface area contributed by atoms with Crippen LogP contribution in [0.25, 0.3) is 22.3 Å². The SMILES string of the molecule is Cc1nn(C)c2nc(-c3ccccc3)cc(C(=O)N3CCC(CN)C3)c12. The van der Waals surface area contributed by atoms with Gasteiger partial charge in [0.05, 0.1) is 22.3 Å². The number of hydrogen-bond donors (Lipinski definition) is 1. The highest BCUT2D eigenvalue weighted by atomic mass is 16.2. The second kappa shape index (κ2) is 6.53. The molecule has 4 rings (SSSR count). The quantitative estimate of drug-likeness (QED) is 0.787. The molecule has 0 aliphatic carbocycles. The molecule has 1 amide bonds. The van der Waals surface area contributed by atoms with Crippen molar-refractivity contribution in [2.45, 2.75) is 13.3 Å². The standard InChI is InChI=1S/C20H23N5O/c1-13-18-16(20(26)25-9-8-14(11-21)12-25)10-17(15-6-4-3-5-7-15)22-19(18)24(2)23-13/h3-7,10,14H,8-9,11-12,21H2,1-2H3. The Morgan fingerprint density at radius 3 is 2.77 bits per heavy atom. The predicted octanol–water partition coefficient (Wildman–Crippen LogP) is 2.36. The molecule has 1 unspecified atom stereocenters. The van der Waals surface area contributed by atoms with Crippen LogP contribution in [-0.4, -0.2) is 45.2 Å². The number of benzene rings is 1. The largest absolute Gasteiger partial charge is 0.338 e. The number of likely N-dealkylation sites (tertiary alicyclic amines) is 1. The first-order chi connectivity index (χ1) is 12.6. The van der Waals surface area contributed by atoms with Crippen LogP contribution in [0, 0.1) is 12.8 Å². The van der Waals surface area contributed by atoms with E-state index in [1.807, 2.05) is 55.3 Å². The first-order valence-corrected chi connectivity index (χ1v) is 8.97. The summed E-state index contributed by atoms with van der Waals surface area (Å²) in [6.45, 7) is 4.02. The third kappa shape index (κ3) is 2.76. The highest BCUT2D eigenvalue weighted by molar-refractivity contribution is 6.07. The first kappa shape index (κ1) is 16.7. The van der Waals surface area contributed by atoms with Crippen LogP contribution in [0.4, 0.5) is 0 Å². The van der Waals surface area contributed by atoms with Crippen LogP contribution in [0.1, 0.15) is 22.5 Å². The fraction of sp³-hybridized carbons (Fsp3) is 0.350. The number of hydrogen-bond acceptors (Lipinski definition) is 4. The molecule has 2 aromatic heterocycles. The van der Waals surface area contributed by atoms with E-state index in [-0.39, 0.29) is 5.91 Å². The normalized spacial score (nSPS) is 17.2. The number of pyridine rings is 1. The second-order valence-corrected chi connectivity index (χ2v) is 6.97. The summed E-state index contributed by atoms with van der Waals surface area (Å²) >= 11 is 0. The van der Waals surface area contributed by atoms with E-state index in [2.05, 4.69) is 5.10 Å². The molecule has 6 heteroatoms. The van der Waals surface area contributed by atoms with Crippen molar-refractivity contribution in [1.29, 1.82) is 0 Å². The molecule has 3 heterocycles. The van der Waals surface area contributed by atoms with Crippen LogP contribution in [0.5, 0.6) is 0 Å². The van der Waals surface area contributed by atoms with Gasteiger partial charge < -0.3 is 10.6 Å². The number of aromatic nitrogens is 3. The summed E-state index contributed by atoms with van der Waals surface area (Å²) in [5.74, 6) is 0.432. The van der Waals surface area contributed by atoms with Crippen LogP contribution in [-0.2, 0) is 7.05 Å². The molecular weight excluding hydrogens is 326 g/mol. The molecule has 2 N–H and O–H groups in total. The smallest absolute Gasteiger partial charge is 0.254 e. The van der Waals surface area contributed by atoms with Gasteiger partial charge >= 0.3 is 0 Å². The van der Waals surface area contributed by atoms with Crippen molar-refractivity contribution in [3.8, 4) is 11.3 Å². The molecule has 1 atom stereocenters. The van der Waals surface area contributed by atoms with Crippen molar-refractivity contribution in [2.75, 3.05) is 19.6 Å². The highest BCUT2D eigenvalue weighted by Gasteiger charge is 2.28. The van der Waals surface area contributed by atoms with Gasteiger partial charge in [0.1, 0.15) is 0 Å². The van der Waals surface area contributed by atoms with E-state index < -0.39 is 0 Å². The van der Waals surface area contributed by atoms with Gasteiger partial charge in [0.25, 0.3) is 5.91 Å². The molecule has 0 bridgehead atoms. The maximum atomic E-state index is 13.3. The molecule has 6 nitrogen and oxygen atoms in total. The molecule has 1 fully saturated rings. The van der Waals surface area contributed by atoms with Gasteiger partial charge in [-0.2, -0.15) is 5.10 Å². The first-order valence-electron chi connectivity index (χ1n) is 8.97. The van der Waals surface area contributed by atoms with E-state index in [0.717, 1.165) is 47.5 Å². The maximum Gasteiger partial charge on any atom is 0.254 e. The lowest BCUT2D eigenvalue weighted by Crippen LogP contribution is -2.30. The van der Waals surface area contributed by atoms with Gasteiger partial charge in [-0.15, -0.1) is 0 Å². The van der Waals surface area contributed by atoms with Crippen molar-refractivity contribution in [3.05, 3.63) is 47.7 Å². The average molecular weight is 349 g/mol. The Labute approximate surface area is 152 Å². The van der Waals surface area contributed by atoms with E-state index in [4.69, 9.17) is 10.7 Å². The highest BCUT2D eigenvalue weighted by Crippen LogP contribution is 2.29. The number of amides is 1. The van der Waals surface area contributed by atoms with Crippen molar-refractivity contribution < 1.29 is 4.79 Å². The lowest BCUT2D eigenvalue weighted by Gasteiger charge is -2.17. The summed E-state index contributed by atoms with van der Waals surface area (Å²) in [5.41, 5.74) is 9.81. The van der Waals surface area contributed by atoms with Gasteiger partial charge in [-0.1, -0.05) is 30.3 Å². The summed E-state index contributed by atoms with van der Waals surface area (Å²) in [6.07, 6.45) is 0.966. The van der Waals surface area contributed by atoms with Crippen LogP contribution in [0.15, 0.2) is 36.4 Å². The van der Waals surface area contributed by atoms with Gasteiger partial charge in [-0.3, -0.25) is 9.48 Å². The summed E-state index contributed by atoms with van der Waals surface area (Å²) in [5, 5.41) is 5.33.